The molecule has 1 atom stereocenters. The van der Waals surface area contributed by atoms with E-state index in [2.05, 4.69) is 69.2 Å². The van der Waals surface area contributed by atoms with Crippen molar-refractivity contribution >= 4 is 51.0 Å². The first-order valence-electron chi connectivity index (χ1n) is 13.3. The molecule has 206 valence electrons. The molecule has 1 fully saturated rings. The van der Waals surface area contributed by atoms with Crippen molar-refractivity contribution < 1.29 is 4.79 Å². The van der Waals surface area contributed by atoms with Crippen LogP contribution in [0.2, 0.25) is 5.02 Å². The van der Waals surface area contributed by atoms with Crippen LogP contribution in [0.4, 0.5) is 5.82 Å². The highest BCUT2D eigenvalue weighted by molar-refractivity contribution is 9.09. The molecule has 9 heteroatoms. The van der Waals surface area contributed by atoms with Crippen molar-refractivity contribution in [1.82, 2.24) is 15.2 Å². The summed E-state index contributed by atoms with van der Waals surface area (Å²) in [6.07, 6.45) is 7.29. The second-order valence-electron chi connectivity index (χ2n) is 9.49. The summed E-state index contributed by atoms with van der Waals surface area (Å²) in [5.41, 5.74) is 5.04. The first-order valence-corrected chi connectivity index (χ1v) is 15.8. The number of nitrogens with two attached hydrogens (primary N) is 1. The van der Waals surface area contributed by atoms with E-state index in [-0.39, 0.29) is 16.4 Å². The van der Waals surface area contributed by atoms with E-state index in [1.54, 1.807) is 0 Å². The molecule has 1 aliphatic heterocycles. The van der Waals surface area contributed by atoms with Gasteiger partial charge in [-0.25, -0.2) is 0 Å². The summed E-state index contributed by atoms with van der Waals surface area (Å²) < 4.78 is 0. The number of aromatic nitrogens is 1. The molecule has 37 heavy (non-hydrogen) atoms. The summed E-state index contributed by atoms with van der Waals surface area (Å²) in [6, 6.07) is 11.8. The fourth-order valence-corrected chi connectivity index (χ4v) is 5.65. The van der Waals surface area contributed by atoms with Gasteiger partial charge in [0.15, 0.2) is 0 Å². The SMILES string of the molecule is BrCCSc1ccccc1.CCCCC(CC)CN1CCC(CNC(=O)c2cc(Cl)c(N)[nH]c2=O)CC1. The third kappa shape index (κ3) is 11.8. The molecule has 1 saturated heterocycles. The van der Waals surface area contributed by atoms with E-state index >= 15 is 0 Å². The van der Waals surface area contributed by atoms with E-state index in [1.165, 1.54) is 43.2 Å². The van der Waals surface area contributed by atoms with E-state index in [4.69, 9.17) is 17.3 Å². The molecule has 0 aliphatic carbocycles. The highest BCUT2D eigenvalue weighted by Gasteiger charge is 2.22. The maximum atomic E-state index is 12.3. The standard InChI is InChI=1S/C20H33ClN4O2.C8H9BrS/c1-3-5-6-14(4-2)13-25-9-7-15(8-10-25)12-23-19(26)16-11-17(21)18(22)24-20(16)27;9-6-7-10-8-4-2-1-3-5-8/h11,14-15H,3-10,12-13H2,1-2H3,(H,23,26)(H3,22,24,27);1-5H,6-7H2. The van der Waals surface area contributed by atoms with Crippen LogP contribution in [0, 0.1) is 11.8 Å². The number of nitrogens with one attached hydrogen (secondary N) is 2. The highest BCUT2D eigenvalue weighted by atomic mass is 79.9. The van der Waals surface area contributed by atoms with Crippen LogP contribution in [0.3, 0.4) is 0 Å². The number of nitrogens with zero attached hydrogens (tertiary/aromatic N) is 1. The lowest BCUT2D eigenvalue weighted by atomic mass is 9.93. The van der Waals surface area contributed by atoms with Gasteiger partial charge in [-0.15, -0.1) is 11.8 Å². The lowest BCUT2D eigenvalue weighted by molar-refractivity contribution is 0.0931. The number of amides is 1. The minimum Gasteiger partial charge on any atom is -0.384 e. The molecule has 1 aromatic heterocycles. The maximum Gasteiger partial charge on any atom is 0.262 e. The molecule has 1 aromatic carbocycles. The van der Waals surface area contributed by atoms with E-state index < -0.39 is 11.5 Å². The van der Waals surface area contributed by atoms with Crippen molar-refractivity contribution in [3.63, 3.8) is 0 Å². The van der Waals surface area contributed by atoms with Crippen LogP contribution in [0.15, 0.2) is 46.1 Å². The van der Waals surface area contributed by atoms with Crippen molar-refractivity contribution in [3.05, 3.63) is 57.3 Å². The molecule has 6 nitrogen and oxygen atoms in total. The second-order valence-corrected chi connectivity index (χ2v) is 11.9. The quantitative estimate of drug-likeness (QED) is 0.189. The first-order chi connectivity index (χ1) is 17.9. The Morgan fingerprint density at radius 1 is 1.27 bits per heavy atom. The Balaban J connectivity index is 0.000000402. The number of halogens is 2. The zero-order valence-corrected chi connectivity index (χ0v) is 25.3. The predicted molar refractivity (Wildman–Crippen MR) is 162 cm³/mol. The summed E-state index contributed by atoms with van der Waals surface area (Å²) in [5.74, 6) is 2.07. The Bertz CT molecular complexity index is 984. The number of anilines is 1. The van der Waals surface area contributed by atoms with E-state index in [0.29, 0.717) is 12.5 Å². The number of aromatic amines is 1. The normalized spacial score (nSPS) is 15.0. The molecular weight excluding hydrogens is 572 g/mol. The number of nitrogen functional groups attached to an aromatic ring is 1. The summed E-state index contributed by atoms with van der Waals surface area (Å²) in [5, 5.41) is 4.12. The minimum absolute atomic E-state index is 0.00773. The van der Waals surface area contributed by atoms with Crippen LogP contribution in [0.5, 0.6) is 0 Å². The molecule has 2 heterocycles. The van der Waals surface area contributed by atoms with E-state index in [9.17, 15) is 9.59 Å². The number of thioether (sulfide) groups is 1. The van der Waals surface area contributed by atoms with Gasteiger partial charge in [0.2, 0.25) is 0 Å². The third-order valence-electron chi connectivity index (χ3n) is 6.67. The molecule has 2 aromatic rings. The molecule has 0 spiro atoms. The number of hydrogen-bond donors (Lipinski definition) is 3. The number of carbonyl (C=O) groups is 1. The lowest BCUT2D eigenvalue weighted by Gasteiger charge is -2.34. The minimum atomic E-state index is -0.512. The molecule has 3 rings (SSSR count). The molecule has 0 bridgehead atoms. The van der Waals surface area contributed by atoms with Crippen LogP contribution in [0.25, 0.3) is 0 Å². The molecular formula is C28H42BrClN4O2S. The summed E-state index contributed by atoms with van der Waals surface area (Å²) >= 11 is 11.2. The van der Waals surface area contributed by atoms with Gasteiger partial charge in [0.05, 0.1) is 5.02 Å². The molecule has 1 aliphatic rings. The fraction of sp³-hybridized carbons (Fsp3) is 0.571. The topological polar surface area (TPSA) is 91.2 Å². The highest BCUT2D eigenvalue weighted by Crippen LogP contribution is 2.21. The number of unbranched alkanes of at least 4 members (excludes halogenated alkanes) is 1. The van der Waals surface area contributed by atoms with Gasteiger partial charge in [-0.3, -0.25) is 9.59 Å². The van der Waals surface area contributed by atoms with Gasteiger partial charge in [-0.1, -0.05) is 78.8 Å². The first kappa shape index (κ1) is 31.7. The average molecular weight is 614 g/mol. The summed E-state index contributed by atoms with van der Waals surface area (Å²) in [6.45, 7) is 8.47. The van der Waals surface area contributed by atoms with Gasteiger partial charge in [0, 0.05) is 29.1 Å². The second kappa shape index (κ2) is 17.9. The fourth-order valence-electron chi connectivity index (χ4n) is 4.35. The van der Waals surface area contributed by atoms with Crippen LogP contribution in [0.1, 0.15) is 62.7 Å². The summed E-state index contributed by atoms with van der Waals surface area (Å²) in [4.78, 5) is 30.5. The number of likely N-dealkylation sites (tertiary alicyclic amines) is 1. The van der Waals surface area contributed by atoms with Gasteiger partial charge >= 0.3 is 0 Å². The van der Waals surface area contributed by atoms with Crippen LogP contribution >= 0.6 is 39.3 Å². The number of H-pyrrole nitrogens is 1. The maximum absolute atomic E-state index is 12.3. The van der Waals surface area contributed by atoms with Crippen molar-refractivity contribution in [2.45, 2.75) is 57.3 Å². The number of rotatable bonds is 12. The Kier molecular flexibility index (Phi) is 15.4. The zero-order chi connectivity index (χ0) is 27.0. The summed E-state index contributed by atoms with van der Waals surface area (Å²) in [7, 11) is 0. The Hall–Kier alpha value is -1.48. The number of carbonyl (C=O) groups excluding carboxylic acids is 1. The van der Waals surface area contributed by atoms with Crippen molar-refractivity contribution in [1.29, 1.82) is 0 Å². The molecule has 4 N–H and O–H groups in total. The van der Waals surface area contributed by atoms with Crippen LogP contribution in [-0.2, 0) is 0 Å². The number of piperidine rings is 1. The zero-order valence-electron chi connectivity index (χ0n) is 22.1. The predicted octanol–water partition coefficient (Wildman–Crippen LogP) is 6.44. The van der Waals surface area contributed by atoms with Gasteiger partial charge in [0.1, 0.15) is 11.4 Å². The number of pyridine rings is 1. The molecule has 1 unspecified atom stereocenters. The lowest BCUT2D eigenvalue weighted by Crippen LogP contribution is -2.41. The Labute approximate surface area is 239 Å². The number of hydrogen-bond acceptors (Lipinski definition) is 5. The van der Waals surface area contributed by atoms with Crippen LogP contribution < -0.4 is 16.6 Å². The van der Waals surface area contributed by atoms with Crippen molar-refractivity contribution in [2.75, 3.05) is 43.0 Å². The van der Waals surface area contributed by atoms with Crippen molar-refractivity contribution in [3.8, 4) is 0 Å². The molecule has 0 radical (unpaired) electrons. The van der Waals surface area contributed by atoms with Gasteiger partial charge in [-0.05, 0) is 62.4 Å². The molecule has 0 saturated carbocycles. The van der Waals surface area contributed by atoms with E-state index in [1.807, 2.05) is 17.8 Å². The Morgan fingerprint density at radius 3 is 2.59 bits per heavy atom. The third-order valence-corrected chi connectivity index (χ3v) is 8.92. The van der Waals surface area contributed by atoms with Crippen molar-refractivity contribution in [2.24, 2.45) is 11.8 Å². The smallest absolute Gasteiger partial charge is 0.262 e. The van der Waals surface area contributed by atoms with Gasteiger partial charge < -0.3 is 20.9 Å². The average Bonchev–Trinajstić information content (AvgIpc) is 2.92. The van der Waals surface area contributed by atoms with Crippen LogP contribution in [-0.4, -0.2) is 53.1 Å². The molecule has 1 amide bonds. The van der Waals surface area contributed by atoms with Gasteiger partial charge in [0.25, 0.3) is 11.5 Å². The largest absolute Gasteiger partial charge is 0.384 e. The number of alkyl halides is 1. The Morgan fingerprint density at radius 2 is 1.97 bits per heavy atom. The number of benzene rings is 1. The van der Waals surface area contributed by atoms with Gasteiger partial charge in [-0.2, -0.15) is 0 Å². The van der Waals surface area contributed by atoms with E-state index in [0.717, 1.165) is 42.9 Å². The monoisotopic (exact) mass is 612 g/mol.